The van der Waals surface area contributed by atoms with E-state index in [4.69, 9.17) is 16.3 Å². The van der Waals surface area contributed by atoms with Crippen molar-refractivity contribution in [3.05, 3.63) is 95.1 Å². The lowest BCUT2D eigenvalue weighted by Crippen LogP contribution is -2.45. The van der Waals surface area contributed by atoms with E-state index in [1.807, 2.05) is 60.8 Å². The molecule has 0 saturated heterocycles. The molecule has 3 aromatic carbocycles. The first-order valence-corrected chi connectivity index (χ1v) is 11.1. The predicted octanol–water partition coefficient (Wildman–Crippen LogP) is 4.50. The fourth-order valence-corrected chi connectivity index (χ4v) is 4.54. The average Bonchev–Trinajstić information content (AvgIpc) is 3.26. The summed E-state index contributed by atoms with van der Waals surface area (Å²) < 4.78 is 5.47. The summed E-state index contributed by atoms with van der Waals surface area (Å²) in [5.41, 5.74) is 3.60. The maximum atomic E-state index is 12.9. The Balaban J connectivity index is 1.39. The standard InChI is InChI=1S/C26H22ClN3O3/c27-21-9-3-1-7-17(21)19(20-13-28-22-10-4-2-8-18(20)22)14-29-25(31)15-30-23-11-5-6-12-24(23)33-16-26(30)32/h1-13,19,28H,14-16H2,(H,29,31)/t19-/m1/s1. The van der Waals surface area contributed by atoms with E-state index in [0.29, 0.717) is 23.0 Å². The molecular weight excluding hydrogens is 438 g/mol. The monoisotopic (exact) mass is 459 g/mol. The molecule has 0 aliphatic carbocycles. The van der Waals surface area contributed by atoms with Crippen molar-refractivity contribution in [2.45, 2.75) is 5.92 Å². The highest BCUT2D eigenvalue weighted by Crippen LogP contribution is 2.34. The van der Waals surface area contributed by atoms with Crippen molar-refractivity contribution in [1.82, 2.24) is 10.3 Å². The van der Waals surface area contributed by atoms with Gasteiger partial charge < -0.3 is 15.0 Å². The van der Waals surface area contributed by atoms with Gasteiger partial charge in [0.1, 0.15) is 12.3 Å². The van der Waals surface area contributed by atoms with E-state index in [1.54, 1.807) is 12.1 Å². The summed E-state index contributed by atoms with van der Waals surface area (Å²) in [6.07, 6.45) is 1.96. The van der Waals surface area contributed by atoms with E-state index in [1.165, 1.54) is 4.90 Å². The highest BCUT2D eigenvalue weighted by Gasteiger charge is 2.28. The third-order valence-corrected chi connectivity index (χ3v) is 6.23. The number of fused-ring (bicyclic) bond motifs is 2. The van der Waals surface area contributed by atoms with Gasteiger partial charge in [0.25, 0.3) is 5.91 Å². The van der Waals surface area contributed by atoms with Gasteiger partial charge in [0.05, 0.1) is 5.69 Å². The summed E-state index contributed by atoms with van der Waals surface area (Å²) in [7, 11) is 0. The number of benzene rings is 3. The van der Waals surface area contributed by atoms with E-state index >= 15 is 0 Å². The van der Waals surface area contributed by atoms with Gasteiger partial charge >= 0.3 is 0 Å². The Bertz CT molecular complexity index is 1330. The van der Waals surface area contributed by atoms with Crippen molar-refractivity contribution in [3.8, 4) is 5.75 Å². The van der Waals surface area contributed by atoms with Crippen molar-refractivity contribution in [1.29, 1.82) is 0 Å². The lowest BCUT2D eigenvalue weighted by atomic mass is 9.90. The molecule has 0 radical (unpaired) electrons. The maximum Gasteiger partial charge on any atom is 0.265 e. The van der Waals surface area contributed by atoms with Gasteiger partial charge in [0, 0.05) is 34.6 Å². The fraction of sp³-hybridized carbons (Fsp3) is 0.154. The van der Waals surface area contributed by atoms with Gasteiger partial charge in [-0.3, -0.25) is 14.5 Å². The zero-order chi connectivity index (χ0) is 22.8. The number of H-pyrrole nitrogens is 1. The van der Waals surface area contributed by atoms with Crippen molar-refractivity contribution >= 4 is 40.0 Å². The van der Waals surface area contributed by atoms with Crippen LogP contribution in [-0.4, -0.2) is 36.5 Å². The van der Waals surface area contributed by atoms with Gasteiger partial charge in [-0.2, -0.15) is 0 Å². The van der Waals surface area contributed by atoms with Crippen molar-refractivity contribution < 1.29 is 14.3 Å². The molecule has 0 fully saturated rings. The number of carbonyl (C=O) groups excluding carboxylic acids is 2. The number of carbonyl (C=O) groups is 2. The number of hydrogen-bond donors (Lipinski definition) is 2. The first-order valence-electron chi connectivity index (χ1n) is 10.7. The highest BCUT2D eigenvalue weighted by atomic mass is 35.5. The molecular formula is C26H22ClN3O3. The minimum atomic E-state index is -0.253. The number of aromatic nitrogens is 1. The molecule has 0 bridgehead atoms. The minimum absolute atomic E-state index is 0.0810. The molecule has 166 valence electrons. The van der Waals surface area contributed by atoms with Crippen LogP contribution in [-0.2, 0) is 9.59 Å². The van der Waals surface area contributed by atoms with Crippen LogP contribution in [0.25, 0.3) is 10.9 Å². The van der Waals surface area contributed by atoms with Crippen LogP contribution in [0.15, 0.2) is 79.0 Å². The van der Waals surface area contributed by atoms with E-state index in [-0.39, 0.29) is 30.9 Å². The van der Waals surface area contributed by atoms with E-state index < -0.39 is 0 Å². The molecule has 6 nitrogen and oxygen atoms in total. The Hall–Kier alpha value is -3.77. The Morgan fingerprint density at radius 3 is 2.67 bits per heavy atom. The van der Waals surface area contributed by atoms with Crippen LogP contribution in [0.5, 0.6) is 5.75 Å². The number of rotatable bonds is 6. The summed E-state index contributed by atoms with van der Waals surface area (Å²) >= 11 is 6.54. The molecule has 1 atom stereocenters. The average molecular weight is 460 g/mol. The largest absolute Gasteiger partial charge is 0.482 e. The van der Waals surface area contributed by atoms with Crippen molar-refractivity contribution in [2.75, 3.05) is 24.6 Å². The van der Waals surface area contributed by atoms with E-state index in [0.717, 1.165) is 22.0 Å². The van der Waals surface area contributed by atoms with Crippen LogP contribution in [0.3, 0.4) is 0 Å². The van der Waals surface area contributed by atoms with Crippen LogP contribution in [0.1, 0.15) is 17.0 Å². The third kappa shape index (κ3) is 4.17. The predicted molar refractivity (Wildman–Crippen MR) is 129 cm³/mol. The molecule has 33 heavy (non-hydrogen) atoms. The molecule has 5 rings (SSSR count). The number of halogens is 1. The minimum Gasteiger partial charge on any atom is -0.482 e. The molecule has 2 amide bonds. The van der Waals surface area contributed by atoms with Crippen LogP contribution >= 0.6 is 11.6 Å². The molecule has 7 heteroatoms. The quantitative estimate of drug-likeness (QED) is 0.446. The molecule has 1 aliphatic heterocycles. The Morgan fingerprint density at radius 2 is 1.79 bits per heavy atom. The normalized spacial score (nSPS) is 14.0. The summed E-state index contributed by atoms with van der Waals surface area (Å²) in [6.45, 7) is 0.175. The molecule has 0 saturated carbocycles. The van der Waals surface area contributed by atoms with Gasteiger partial charge in [0.15, 0.2) is 6.61 Å². The molecule has 2 heterocycles. The Labute approximate surface area is 196 Å². The van der Waals surface area contributed by atoms with Gasteiger partial charge in [-0.05, 0) is 35.4 Å². The second-order valence-corrected chi connectivity index (χ2v) is 8.31. The second-order valence-electron chi connectivity index (χ2n) is 7.90. The van der Waals surface area contributed by atoms with Crippen molar-refractivity contribution in [2.24, 2.45) is 0 Å². The summed E-state index contributed by atoms with van der Waals surface area (Å²) in [4.78, 5) is 30.1. The topological polar surface area (TPSA) is 74.4 Å². The first-order chi connectivity index (χ1) is 16.1. The number of hydrogen-bond acceptors (Lipinski definition) is 3. The number of aromatic amines is 1. The first kappa shape index (κ1) is 21.1. The second kappa shape index (κ2) is 9.00. The molecule has 1 aliphatic rings. The number of ether oxygens (including phenoxy) is 1. The number of amides is 2. The summed E-state index contributed by atoms with van der Waals surface area (Å²) in [6, 6.07) is 22.9. The highest BCUT2D eigenvalue weighted by molar-refractivity contribution is 6.31. The zero-order valence-electron chi connectivity index (χ0n) is 17.8. The van der Waals surface area contributed by atoms with Crippen LogP contribution in [0.2, 0.25) is 5.02 Å². The zero-order valence-corrected chi connectivity index (χ0v) is 18.5. The van der Waals surface area contributed by atoms with Crippen LogP contribution in [0.4, 0.5) is 5.69 Å². The smallest absolute Gasteiger partial charge is 0.265 e. The third-order valence-electron chi connectivity index (χ3n) is 5.89. The molecule has 2 N–H and O–H groups in total. The summed E-state index contributed by atoms with van der Waals surface area (Å²) in [5.74, 6) is -0.0656. The lowest BCUT2D eigenvalue weighted by molar-refractivity contribution is -0.125. The fourth-order valence-electron chi connectivity index (χ4n) is 4.27. The van der Waals surface area contributed by atoms with Gasteiger partial charge in [-0.1, -0.05) is 60.1 Å². The molecule has 0 spiro atoms. The Morgan fingerprint density at radius 1 is 1.03 bits per heavy atom. The van der Waals surface area contributed by atoms with Crippen LogP contribution in [0, 0.1) is 0 Å². The SMILES string of the molecule is O=C(CN1C(=O)COc2ccccc21)NC[C@H](c1ccccc1Cl)c1c[nH]c2ccccc12. The van der Waals surface area contributed by atoms with E-state index in [9.17, 15) is 9.59 Å². The van der Waals surface area contributed by atoms with Crippen LogP contribution < -0.4 is 15.0 Å². The van der Waals surface area contributed by atoms with Crippen molar-refractivity contribution in [3.63, 3.8) is 0 Å². The number of nitrogens with one attached hydrogen (secondary N) is 2. The molecule has 4 aromatic rings. The molecule has 1 aromatic heterocycles. The summed E-state index contributed by atoms with van der Waals surface area (Å²) in [5, 5.41) is 4.73. The number of nitrogens with zero attached hydrogens (tertiary/aromatic N) is 1. The maximum absolute atomic E-state index is 12.9. The number of para-hydroxylation sites is 3. The number of anilines is 1. The van der Waals surface area contributed by atoms with Gasteiger partial charge in [-0.15, -0.1) is 0 Å². The van der Waals surface area contributed by atoms with E-state index in [2.05, 4.69) is 16.4 Å². The lowest BCUT2D eigenvalue weighted by Gasteiger charge is -2.29. The Kier molecular flexibility index (Phi) is 5.75. The van der Waals surface area contributed by atoms with Gasteiger partial charge in [-0.25, -0.2) is 0 Å². The van der Waals surface area contributed by atoms with Gasteiger partial charge in [0.2, 0.25) is 5.91 Å². The molecule has 0 unspecified atom stereocenters.